The van der Waals surface area contributed by atoms with Crippen molar-refractivity contribution in [2.45, 2.75) is 20.4 Å². The lowest BCUT2D eigenvalue weighted by atomic mass is 10.2. The van der Waals surface area contributed by atoms with Crippen molar-refractivity contribution in [1.82, 2.24) is 19.7 Å². The van der Waals surface area contributed by atoms with Gasteiger partial charge in [0.15, 0.2) is 5.75 Å². The molecule has 0 spiro atoms. The van der Waals surface area contributed by atoms with E-state index in [4.69, 9.17) is 21.1 Å². The maximum Gasteiger partial charge on any atom is 0.251 e. The van der Waals surface area contributed by atoms with Crippen LogP contribution in [0.2, 0.25) is 5.02 Å². The summed E-state index contributed by atoms with van der Waals surface area (Å²) in [6.45, 7) is 4.61. The maximum absolute atomic E-state index is 12.4. The lowest BCUT2D eigenvalue weighted by molar-refractivity contribution is -0.131. The third-order valence-electron chi connectivity index (χ3n) is 4.78. The summed E-state index contributed by atoms with van der Waals surface area (Å²) in [5.41, 5.74) is 2.21. The van der Waals surface area contributed by atoms with Crippen LogP contribution in [0.5, 0.6) is 11.5 Å². The minimum absolute atomic E-state index is 0.0363. The van der Waals surface area contributed by atoms with Crippen molar-refractivity contribution in [2.75, 3.05) is 25.5 Å². The van der Waals surface area contributed by atoms with Crippen molar-refractivity contribution in [1.29, 1.82) is 0 Å². The first-order valence-corrected chi connectivity index (χ1v) is 10.9. The summed E-state index contributed by atoms with van der Waals surface area (Å²) in [5, 5.41) is 7.17. The van der Waals surface area contributed by atoms with Crippen molar-refractivity contribution in [3.63, 3.8) is 0 Å². The highest BCUT2D eigenvalue weighted by Crippen LogP contribution is 2.26. The molecule has 0 bridgehead atoms. The van der Waals surface area contributed by atoms with Crippen LogP contribution < -0.4 is 14.8 Å². The molecule has 0 aliphatic carbocycles. The Kier molecular flexibility index (Phi) is 8.64. The van der Waals surface area contributed by atoms with E-state index in [0.29, 0.717) is 35.3 Å². The summed E-state index contributed by atoms with van der Waals surface area (Å²) in [5.74, 6) is 0.587. The third-order valence-corrected chi connectivity index (χ3v) is 5.08. The average Bonchev–Trinajstić information content (AvgIpc) is 3.23. The number of aromatic nitrogens is 3. The summed E-state index contributed by atoms with van der Waals surface area (Å²) in [6.07, 6.45) is 7.05. The summed E-state index contributed by atoms with van der Waals surface area (Å²) in [6, 6.07) is 9.33. The number of nitrogens with one attached hydrogen (secondary N) is 1. The topological polar surface area (TPSA) is 98.6 Å². The first-order valence-electron chi connectivity index (χ1n) is 10.5. The molecule has 0 saturated carbocycles. The van der Waals surface area contributed by atoms with Crippen molar-refractivity contribution >= 4 is 29.1 Å². The Bertz CT molecular complexity index is 1140. The van der Waals surface area contributed by atoms with E-state index in [2.05, 4.69) is 15.4 Å². The van der Waals surface area contributed by atoms with Crippen molar-refractivity contribution in [3.8, 4) is 11.5 Å². The Morgan fingerprint density at radius 3 is 2.71 bits per heavy atom. The molecule has 178 valence electrons. The number of amides is 2. The molecule has 1 N–H and O–H groups in total. The fourth-order valence-corrected chi connectivity index (χ4v) is 3.08. The molecular weight excluding hydrogens is 458 g/mol. The monoisotopic (exact) mass is 483 g/mol. The van der Waals surface area contributed by atoms with Gasteiger partial charge in [0.25, 0.3) is 5.91 Å². The lowest BCUT2D eigenvalue weighted by Crippen LogP contribution is -2.33. The van der Waals surface area contributed by atoms with Gasteiger partial charge < -0.3 is 19.7 Å². The molecule has 2 aromatic heterocycles. The van der Waals surface area contributed by atoms with Crippen molar-refractivity contribution < 1.29 is 19.1 Å². The highest BCUT2D eigenvalue weighted by Gasteiger charge is 2.11. The highest BCUT2D eigenvalue weighted by atomic mass is 35.5. The number of aryl methyl sites for hydroxylation is 2. The van der Waals surface area contributed by atoms with E-state index in [1.807, 2.05) is 31.2 Å². The Labute approximate surface area is 202 Å². The van der Waals surface area contributed by atoms with Gasteiger partial charge in [-0.15, -0.1) is 0 Å². The van der Waals surface area contributed by atoms with Crippen LogP contribution in [0, 0.1) is 13.8 Å². The van der Waals surface area contributed by atoms with Crippen LogP contribution in [0.3, 0.4) is 0 Å². The number of nitrogens with zero attached hydrogens (tertiary/aromatic N) is 4. The number of rotatable bonds is 10. The SMILES string of the molecule is Cc1ccc(OCCN(C)C(=O)Cn2cc(NC(=O)/C=C/Oc3c(Cl)ccnc3C)cn2)cc1. The molecule has 0 atom stereocenters. The van der Waals surface area contributed by atoms with Gasteiger partial charge in [-0.25, -0.2) is 0 Å². The molecule has 9 nitrogen and oxygen atoms in total. The van der Waals surface area contributed by atoms with Gasteiger partial charge in [0.05, 0.1) is 35.4 Å². The molecule has 34 heavy (non-hydrogen) atoms. The number of carbonyl (C=O) groups is 2. The summed E-state index contributed by atoms with van der Waals surface area (Å²) in [4.78, 5) is 30.2. The smallest absolute Gasteiger partial charge is 0.251 e. The number of benzene rings is 1. The molecule has 3 aromatic rings. The zero-order valence-electron chi connectivity index (χ0n) is 19.2. The molecule has 1 aromatic carbocycles. The molecule has 0 radical (unpaired) electrons. The highest BCUT2D eigenvalue weighted by molar-refractivity contribution is 6.32. The van der Waals surface area contributed by atoms with Gasteiger partial charge in [-0.3, -0.25) is 19.3 Å². The fraction of sp³-hybridized carbons (Fsp3) is 0.250. The van der Waals surface area contributed by atoms with E-state index in [0.717, 1.165) is 11.3 Å². The van der Waals surface area contributed by atoms with Gasteiger partial charge in [-0.1, -0.05) is 29.3 Å². The molecule has 0 aliphatic heterocycles. The molecule has 10 heteroatoms. The number of ether oxygens (including phenoxy) is 2. The Morgan fingerprint density at radius 1 is 1.21 bits per heavy atom. The van der Waals surface area contributed by atoms with Gasteiger partial charge in [-0.05, 0) is 32.0 Å². The first kappa shape index (κ1) is 24.8. The van der Waals surface area contributed by atoms with Crippen LogP contribution in [0.15, 0.2) is 61.3 Å². The number of anilines is 1. The number of halogens is 1. The minimum atomic E-state index is -0.422. The minimum Gasteiger partial charge on any atom is -0.492 e. The van der Waals surface area contributed by atoms with Crippen LogP contribution in [0.4, 0.5) is 5.69 Å². The molecule has 0 unspecified atom stereocenters. The van der Waals surface area contributed by atoms with Gasteiger partial charge >= 0.3 is 0 Å². The summed E-state index contributed by atoms with van der Waals surface area (Å²) >= 11 is 6.05. The normalized spacial score (nSPS) is 10.8. The van der Waals surface area contributed by atoms with E-state index in [1.165, 1.54) is 23.2 Å². The van der Waals surface area contributed by atoms with E-state index in [1.54, 1.807) is 37.3 Å². The molecule has 0 aliphatic rings. The number of hydrogen-bond acceptors (Lipinski definition) is 6. The van der Waals surface area contributed by atoms with E-state index >= 15 is 0 Å². The largest absolute Gasteiger partial charge is 0.492 e. The molecule has 2 heterocycles. The van der Waals surface area contributed by atoms with Crippen LogP contribution in [-0.2, 0) is 16.1 Å². The summed E-state index contributed by atoms with van der Waals surface area (Å²) < 4.78 is 12.5. The zero-order chi connectivity index (χ0) is 24.5. The summed E-state index contributed by atoms with van der Waals surface area (Å²) in [7, 11) is 1.70. The second kappa shape index (κ2) is 11.9. The lowest BCUT2D eigenvalue weighted by Gasteiger charge is -2.17. The zero-order valence-corrected chi connectivity index (χ0v) is 20.0. The quantitative estimate of drug-likeness (QED) is 0.349. The van der Waals surface area contributed by atoms with E-state index in [9.17, 15) is 9.59 Å². The number of hydrogen-bond donors (Lipinski definition) is 1. The molecule has 0 saturated heterocycles. The van der Waals surface area contributed by atoms with Crippen LogP contribution in [0.1, 0.15) is 11.3 Å². The first-order chi connectivity index (χ1) is 16.3. The molecule has 3 rings (SSSR count). The third kappa shape index (κ3) is 7.35. The predicted octanol–water partition coefficient (Wildman–Crippen LogP) is 3.62. The van der Waals surface area contributed by atoms with Crippen LogP contribution in [0.25, 0.3) is 0 Å². The van der Waals surface area contributed by atoms with E-state index < -0.39 is 5.91 Å². The maximum atomic E-state index is 12.4. The Balaban J connectivity index is 1.42. The standard InChI is InChI=1S/C24H26ClN5O4/c1-17-4-6-20(7-5-17)33-13-11-29(3)23(32)16-30-15-19(14-27-30)28-22(31)9-12-34-24-18(2)26-10-8-21(24)25/h4-10,12,14-15H,11,13,16H2,1-3H3,(H,28,31)/b12-9+. The fourth-order valence-electron chi connectivity index (χ4n) is 2.84. The van der Waals surface area contributed by atoms with Gasteiger partial charge in [0.1, 0.15) is 18.9 Å². The number of likely N-dealkylation sites (N-methyl/N-ethyl adjacent to an activating group) is 1. The second-order valence-corrected chi connectivity index (χ2v) is 7.93. The predicted molar refractivity (Wildman–Crippen MR) is 129 cm³/mol. The van der Waals surface area contributed by atoms with Crippen LogP contribution in [-0.4, -0.2) is 51.7 Å². The number of pyridine rings is 1. The van der Waals surface area contributed by atoms with Crippen molar-refractivity contribution in [2.24, 2.45) is 0 Å². The molecule has 2 amide bonds. The Morgan fingerprint density at radius 2 is 1.97 bits per heavy atom. The molecule has 0 fully saturated rings. The van der Waals surface area contributed by atoms with Crippen molar-refractivity contribution in [3.05, 3.63) is 77.5 Å². The molecular formula is C24H26ClN5O4. The Hall–Kier alpha value is -3.85. The van der Waals surface area contributed by atoms with Crippen LogP contribution >= 0.6 is 11.6 Å². The average molecular weight is 484 g/mol. The van der Waals surface area contributed by atoms with E-state index in [-0.39, 0.29) is 12.5 Å². The van der Waals surface area contributed by atoms with Gasteiger partial charge in [0.2, 0.25) is 5.91 Å². The van der Waals surface area contributed by atoms with Gasteiger partial charge in [0, 0.05) is 25.5 Å². The number of carbonyl (C=O) groups excluding carboxylic acids is 2. The second-order valence-electron chi connectivity index (χ2n) is 7.52. The van der Waals surface area contributed by atoms with Gasteiger partial charge in [-0.2, -0.15) is 5.10 Å².